The van der Waals surface area contributed by atoms with Crippen LogP contribution in [0.25, 0.3) is 5.57 Å². The minimum atomic E-state index is -1.33. The number of ketones is 2. The lowest BCUT2D eigenvalue weighted by Gasteiger charge is -2.39. The number of nitrogens with zero attached hydrogens (tertiary/aromatic N) is 1. The quantitative estimate of drug-likeness (QED) is 0.407. The second-order valence-electron chi connectivity index (χ2n) is 11.5. The van der Waals surface area contributed by atoms with Gasteiger partial charge < -0.3 is 10.2 Å². The van der Waals surface area contributed by atoms with E-state index < -0.39 is 28.8 Å². The molecule has 1 fully saturated rings. The van der Waals surface area contributed by atoms with Crippen LogP contribution in [0.1, 0.15) is 49.2 Å². The highest BCUT2D eigenvalue weighted by Crippen LogP contribution is 2.59. The maximum atomic E-state index is 14.7. The van der Waals surface area contributed by atoms with Crippen LogP contribution < -0.4 is 10.2 Å². The number of para-hydroxylation sites is 2. The van der Waals surface area contributed by atoms with E-state index in [2.05, 4.69) is 11.4 Å². The fourth-order valence-electron chi connectivity index (χ4n) is 6.66. The highest BCUT2D eigenvalue weighted by Gasteiger charge is 2.71. The standard InChI is InChI=1S/C32H29ClN2O3/c1-18-17-25-32(21-13-7-9-15-23(21)34-30(32)38)26(28(36)20-12-5-8-14-22(20)33)27(29(37)31(2,3)4)35(25)24-16-10-6-11-19(18)24/h5-17,25-27H,1-4H3,(H,34,38)/t25-,26+,27+,32-/m1/s1. The Morgan fingerprint density at radius 2 is 1.61 bits per heavy atom. The average molecular weight is 525 g/mol. The molecule has 0 aromatic heterocycles. The van der Waals surface area contributed by atoms with Gasteiger partial charge in [0.1, 0.15) is 11.5 Å². The van der Waals surface area contributed by atoms with Gasteiger partial charge in [0.05, 0.1) is 17.0 Å². The number of hydrogen-bond acceptors (Lipinski definition) is 4. The summed E-state index contributed by atoms with van der Waals surface area (Å²) in [5.41, 5.74) is 2.48. The van der Waals surface area contributed by atoms with E-state index in [-0.39, 0.29) is 17.5 Å². The first kappa shape index (κ1) is 24.6. The zero-order valence-electron chi connectivity index (χ0n) is 21.8. The number of benzene rings is 3. The number of fused-ring (bicyclic) bond motifs is 6. The highest BCUT2D eigenvalue weighted by molar-refractivity contribution is 6.34. The summed E-state index contributed by atoms with van der Waals surface area (Å²) in [4.78, 5) is 45.5. The highest BCUT2D eigenvalue weighted by atomic mass is 35.5. The smallest absolute Gasteiger partial charge is 0.238 e. The van der Waals surface area contributed by atoms with Gasteiger partial charge in [0.15, 0.2) is 11.6 Å². The lowest BCUT2D eigenvalue weighted by molar-refractivity contribution is -0.128. The van der Waals surface area contributed by atoms with Crippen molar-refractivity contribution in [2.75, 3.05) is 10.2 Å². The van der Waals surface area contributed by atoms with Crippen LogP contribution in [0, 0.1) is 11.3 Å². The van der Waals surface area contributed by atoms with Crippen LogP contribution in [-0.2, 0) is 15.0 Å². The summed E-state index contributed by atoms with van der Waals surface area (Å²) in [5, 5.41) is 3.36. The molecule has 6 rings (SSSR count). The molecule has 3 aliphatic heterocycles. The van der Waals surface area contributed by atoms with Gasteiger partial charge in [-0.25, -0.2) is 0 Å². The van der Waals surface area contributed by atoms with E-state index in [4.69, 9.17) is 11.6 Å². The van der Waals surface area contributed by atoms with Gasteiger partial charge in [-0.15, -0.1) is 0 Å². The van der Waals surface area contributed by atoms with Gasteiger partial charge in [-0.3, -0.25) is 14.4 Å². The van der Waals surface area contributed by atoms with E-state index in [1.54, 1.807) is 24.3 Å². The molecule has 3 aliphatic rings. The third-order valence-electron chi connectivity index (χ3n) is 8.31. The van der Waals surface area contributed by atoms with Crippen molar-refractivity contribution in [3.05, 3.63) is 101 Å². The van der Waals surface area contributed by atoms with Gasteiger partial charge in [-0.05, 0) is 42.3 Å². The molecule has 0 aliphatic carbocycles. The van der Waals surface area contributed by atoms with E-state index in [1.807, 2.05) is 81.1 Å². The molecule has 6 heteroatoms. The minimum absolute atomic E-state index is 0.0929. The van der Waals surface area contributed by atoms with Gasteiger partial charge in [-0.1, -0.05) is 87.0 Å². The molecule has 3 aromatic carbocycles. The molecule has 0 unspecified atom stereocenters. The molecule has 1 spiro atoms. The molecule has 5 nitrogen and oxygen atoms in total. The third kappa shape index (κ3) is 3.21. The van der Waals surface area contributed by atoms with Gasteiger partial charge in [-0.2, -0.15) is 0 Å². The van der Waals surface area contributed by atoms with Crippen molar-refractivity contribution < 1.29 is 14.4 Å². The van der Waals surface area contributed by atoms with E-state index >= 15 is 0 Å². The predicted molar refractivity (Wildman–Crippen MR) is 151 cm³/mol. The first-order chi connectivity index (χ1) is 18.1. The maximum absolute atomic E-state index is 14.7. The Balaban J connectivity index is 1.72. The molecule has 0 saturated carbocycles. The number of halogens is 1. The van der Waals surface area contributed by atoms with Crippen LogP contribution in [-0.4, -0.2) is 29.6 Å². The van der Waals surface area contributed by atoms with Crippen molar-refractivity contribution in [3.8, 4) is 0 Å². The molecular weight excluding hydrogens is 496 g/mol. The molecule has 4 atom stereocenters. The van der Waals surface area contributed by atoms with Gasteiger partial charge in [0.25, 0.3) is 0 Å². The molecule has 192 valence electrons. The number of hydrogen-bond donors (Lipinski definition) is 1. The summed E-state index contributed by atoms with van der Waals surface area (Å²) >= 11 is 6.57. The van der Waals surface area contributed by atoms with Gasteiger partial charge >= 0.3 is 0 Å². The number of Topliss-reactive ketones (excluding diaryl/α,β-unsaturated/α-hetero) is 2. The number of rotatable bonds is 3. The molecule has 0 radical (unpaired) electrons. The summed E-state index contributed by atoms with van der Waals surface area (Å²) < 4.78 is 0. The summed E-state index contributed by atoms with van der Waals surface area (Å²) in [5.74, 6) is -1.67. The lowest BCUT2D eigenvalue weighted by Crippen LogP contribution is -2.51. The van der Waals surface area contributed by atoms with E-state index in [1.165, 1.54) is 0 Å². The number of allylic oxidation sites excluding steroid dienone is 1. The molecule has 0 bridgehead atoms. The summed E-state index contributed by atoms with van der Waals surface area (Å²) in [6.07, 6.45) is 2.06. The molecule has 38 heavy (non-hydrogen) atoms. The second kappa shape index (κ2) is 8.40. The second-order valence-corrected chi connectivity index (χ2v) is 11.9. The topological polar surface area (TPSA) is 66.5 Å². The van der Waals surface area contributed by atoms with Crippen LogP contribution >= 0.6 is 11.6 Å². The number of anilines is 2. The number of carbonyl (C=O) groups excluding carboxylic acids is 3. The first-order valence-electron chi connectivity index (χ1n) is 12.9. The van der Waals surface area contributed by atoms with Crippen LogP contribution in [0.15, 0.2) is 78.9 Å². The van der Waals surface area contributed by atoms with Crippen LogP contribution in [0.3, 0.4) is 0 Å². The van der Waals surface area contributed by atoms with E-state index in [0.29, 0.717) is 16.3 Å². The molecule has 1 N–H and O–H groups in total. The van der Waals surface area contributed by atoms with Crippen LogP contribution in [0.2, 0.25) is 5.02 Å². The molecule has 1 saturated heterocycles. The van der Waals surface area contributed by atoms with Crippen molar-refractivity contribution in [1.29, 1.82) is 0 Å². The Morgan fingerprint density at radius 3 is 2.34 bits per heavy atom. The van der Waals surface area contributed by atoms with Gasteiger partial charge in [0, 0.05) is 27.9 Å². The monoisotopic (exact) mass is 524 g/mol. The Bertz CT molecular complexity index is 1550. The first-order valence-corrected chi connectivity index (χ1v) is 13.3. The van der Waals surface area contributed by atoms with E-state index in [0.717, 1.165) is 22.4 Å². The minimum Gasteiger partial charge on any atom is -0.352 e. The lowest BCUT2D eigenvalue weighted by atomic mass is 9.63. The van der Waals surface area contributed by atoms with Crippen LogP contribution in [0.4, 0.5) is 11.4 Å². The SMILES string of the molecule is CC1=C[C@H]2N(c3ccccc31)[C@H](C(=O)C(C)(C)C)[C@@H](C(=O)c1ccccc1Cl)[C@]21C(=O)Nc2ccccc21. The molecular formula is C32H29ClN2O3. The Labute approximate surface area is 227 Å². The number of carbonyl (C=O) groups is 3. The zero-order valence-corrected chi connectivity index (χ0v) is 22.5. The van der Waals surface area contributed by atoms with Crippen molar-refractivity contribution in [2.24, 2.45) is 11.3 Å². The average Bonchev–Trinajstić information content (AvgIpc) is 3.36. The van der Waals surface area contributed by atoms with Crippen molar-refractivity contribution in [2.45, 2.75) is 45.2 Å². The van der Waals surface area contributed by atoms with Crippen molar-refractivity contribution in [1.82, 2.24) is 0 Å². The summed E-state index contributed by atoms with van der Waals surface area (Å²) in [6, 6.07) is 20.9. The Morgan fingerprint density at radius 1 is 0.947 bits per heavy atom. The summed E-state index contributed by atoms with van der Waals surface area (Å²) in [7, 11) is 0. The fourth-order valence-corrected chi connectivity index (χ4v) is 6.89. The fraction of sp³-hybridized carbons (Fsp3) is 0.281. The Kier molecular flexibility index (Phi) is 5.45. The third-order valence-corrected chi connectivity index (χ3v) is 8.64. The maximum Gasteiger partial charge on any atom is 0.238 e. The predicted octanol–water partition coefficient (Wildman–Crippen LogP) is 6.32. The van der Waals surface area contributed by atoms with Crippen molar-refractivity contribution in [3.63, 3.8) is 0 Å². The summed E-state index contributed by atoms with van der Waals surface area (Å²) in [6.45, 7) is 7.62. The van der Waals surface area contributed by atoms with Gasteiger partial charge in [0.2, 0.25) is 5.91 Å². The molecule has 3 aromatic rings. The number of nitrogens with one attached hydrogen (secondary N) is 1. The number of amides is 1. The van der Waals surface area contributed by atoms with Crippen molar-refractivity contribution >= 4 is 46.0 Å². The van der Waals surface area contributed by atoms with E-state index in [9.17, 15) is 14.4 Å². The molecule has 1 amide bonds. The zero-order chi connectivity index (χ0) is 27.0. The Hall–Kier alpha value is -3.70. The van der Waals surface area contributed by atoms with Crippen LogP contribution in [0.5, 0.6) is 0 Å². The normalized spacial score (nSPS) is 25.4. The largest absolute Gasteiger partial charge is 0.352 e. The molecule has 3 heterocycles.